The normalized spacial score (nSPS) is 10.2. The Morgan fingerprint density at radius 3 is 2.41 bits per heavy atom. The molecule has 0 atom stereocenters. The first-order chi connectivity index (χ1) is 8.29. The molecule has 0 radical (unpaired) electrons. The SMILES string of the molecule is NCc1ccc(OCc2ccccc2)c(Cl)c1. The lowest BCUT2D eigenvalue weighted by atomic mass is 10.2. The van der Waals surface area contributed by atoms with Gasteiger partial charge in [0.25, 0.3) is 0 Å². The quantitative estimate of drug-likeness (QED) is 0.899. The molecule has 2 aromatic rings. The van der Waals surface area contributed by atoms with E-state index in [1.165, 1.54) is 0 Å². The highest BCUT2D eigenvalue weighted by molar-refractivity contribution is 6.32. The monoisotopic (exact) mass is 247 g/mol. The lowest BCUT2D eigenvalue weighted by Crippen LogP contribution is -1.98. The minimum absolute atomic E-state index is 0.485. The summed E-state index contributed by atoms with van der Waals surface area (Å²) in [5, 5.41) is 0.601. The van der Waals surface area contributed by atoms with E-state index in [-0.39, 0.29) is 0 Å². The molecule has 0 saturated heterocycles. The van der Waals surface area contributed by atoms with Crippen LogP contribution in [0.3, 0.4) is 0 Å². The molecule has 0 heterocycles. The van der Waals surface area contributed by atoms with Crippen molar-refractivity contribution in [3.63, 3.8) is 0 Å². The van der Waals surface area contributed by atoms with E-state index in [0.29, 0.717) is 23.9 Å². The lowest BCUT2D eigenvalue weighted by Gasteiger charge is -2.09. The number of ether oxygens (including phenoxy) is 1. The number of hydrogen-bond donors (Lipinski definition) is 1. The van der Waals surface area contributed by atoms with E-state index >= 15 is 0 Å². The molecule has 3 heteroatoms. The molecule has 2 rings (SSSR count). The number of hydrogen-bond acceptors (Lipinski definition) is 2. The molecule has 0 aliphatic rings. The van der Waals surface area contributed by atoms with Gasteiger partial charge in [0, 0.05) is 6.54 Å². The molecule has 2 aromatic carbocycles. The van der Waals surface area contributed by atoms with E-state index in [2.05, 4.69) is 0 Å². The van der Waals surface area contributed by atoms with Gasteiger partial charge in [0.15, 0.2) is 0 Å². The molecule has 0 aliphatic heterocycles. The van der Waals surface area contributed by atoms with E-state index < -0.39 is 0 Å². The van der Waals surface area contributed by atoms with Gasteiger partial charge in [0.2, 0.25) is 0 Å². The molecule has 0 aromatic heterocycles. The van der Waals surface area contributed by atoms with Gasteiger partial charge < -0.3 is 10.5 Å². The van der Waals surface area contributed by atoms with Gasteiger partial charge in [-0.3, -0.25) is 0 Å². The standard InChI is InChI=1S/C14H14ClNO/c15-13-8-12(9-16)6-7-14(13)17-10-11-4-2-1-3-5-11/h1-8H,9-10,16H2. The van der Waals surface area contributed by atoms with Crippen LogP contribution in [0.15, 0.2) is 48.5 Å². The summed E-state index contributed by atoms with van der Waals surface area (Å²) in [5.41, 5.74) is 7.65. The minimum Gasteiger partial charge on any atom is -0.487 e. The van der Waals surface area contributed by atoms with Gasteiger partial charge in [-0.05, 0) is 23.3 Å². The van der Waals surface area contributed by atoms with Crippen LogP contribution in [0.5, 0.6) is 5.75 Å². The predicted molar refractivity (Wildman–Crippen MR) is 70.1 cm³/mol. The maximum absolute atomic E-state index is 6.09. The largest absolute Gasteiger partial charge is 0.487 e. The first-order valence-corrected chi connectivity index (χ1v) is 5.82. The summed E-state index contributed by atoms with van der Waals surface area (Å²) in [4.78, 5) is 0. The Morgan fingerprint density at radius 2 is 1.76 bits per heavy atom. The Bertz CT molecular complexity index is 485. The molecule has 0 fully saturated rings. The highest BCUT2D eigenvalue weighted by Crippen LogP contribution is 2.26. The van der Waals surface area contributed by atoms with Crippen molar-refractivity contribution in [2.24, 2.45) is 5.73 Å². The molecule has 0 aliphatic carbocycles. The molecule has 0 bridgehead atoms. The zero-order valence-corrected chi connectivity index (χ0v) is 10.2. The van der Waals surface area contributed by atoms with Crippen LogP contribution in [0.2, 0.25) is 5.02 Å². The van der Waals surface area contributed by atoms with Crippen molar-refractivity contribution in [1.29, 1.82) is 0 Å². The summed E-state index contributed by atoms with van der Waals surface area (Å²) in [6.45, 7) is 1.00. The maximum Gasteiger partial charge on any atom is 0.138 e. The van der Waals surface area contributed by atoms with Crippen LogP contribution in [0.25, 0.3) is 0 Å². The van der Waals surface area contributed by atoms with E-state index in [0.717, 1.165) is 11.1 Å². The van der Waals surface area contributed by atoms with E-state index in [4.69, 9.17) is 22.1 Å². The van der Waals surface area contributed by atoms with Crippen molar-refractivity contribution in [3.8, 4) is 5.75 Å². The van der Waals surface area contributed by atoms with Crippen LogP contribution >= 0.6 is 11.6 Å². The zero-order valence-electron chi connectivity index (χ0n) is 9.40. The molecule has 2 N–H and O–H groups in total. The number of halogens is 1. The van der Waals surface area contributed by atoms with Crippen LogP contribution in [0, 0.1) is 0 Å². The molecule has 17 heavy (non-hydrogen) atoms. The summed E-state index contributed by atoms with van der Waals surface area (Å²) >= 11 is 6.09. The Hall–Kier alpha value is -1.51. The molecule has 0 spiro atoms. The van der Waals surface area contributed by atoms with E-state index in [1.807, 2.05) is 48.5 Å². The predicted octanol–water partition coefficient (Wildman–Crippen LogP) is 3.38. The third-order valence-electron chi connectivity index (χ3n) is 2.47. The summed E-state index contributed by atoms with van der Waals surface area (Å²) < 4.78 is 5.65. The first-order valence-electron chi connectivity index (χ1n) is 5.45. The zero-order chi connectivity index (χ0) is 12.1. The number of rotatable bonds is 4. The number of nitrogens with two attached hydrogens (primary N) is 1. The summed E-state index contributed by atoms with van der Waals surface area (Å²) in [6, 6.07) is 15.6. The second-order valence-electron chi connectivity index (χ2n) is 3.74. The van der Waals surface area contributed by atoms with E-state index in [9.17, 15) is 0 Å². The van der Waals surface area contributed by atoms with Crippen molar-refractivity contribution in [3.05, 3.63) is 64.7 Å². The second-order valence-corrected chi connectivity index (χ2v) is 4.15. The minimum atomic E-state index is 0.485. The highest BCUT2D eigenvalue weighted by atomic mass is 35.5. The van der Waals surface area contributed by atoms with Gasteiger partial charge >= 0.3 is 0 Å². The molecule has 0 saturated carbocycles. The smallest absolute Gasteiger partial charge is 0.138 e. The van der Waals surface area contributed by atoms with Crippen molar-refractivity contribution < 1.29 is 4.74 Å². The van der Waals surface area contributed by atoms with Crippen LogP contribution in [-0.2, 0) is 13.2 Å². The fourth-order valence-electron chi connectivity index (χ4n) is 1.52. The molecule has 0 amide bonds. The van der Waals surface area contributed by atoms with Gasteiger partial charge in [-0.1, -0.05) is 48.0 Å². The van der Waals surface area contributed by atoms with Gasteiger partial charge in [0.05, 0.1) is 5.02 Å². The average molecular weight is 248 g/mol. The molecular weight excluding hydrogens is 234 g/mol. The number of benzene rings is 2. The van der Waals surface area contributed by atoms with Gasteiger partial charge in [-0.25, -0.2) is 0 Å². The van der Waals surface area contributed by atoms with E-state index in [1.54, 1.807) is 0 Å². The third kappa shape index (κ3) is 3.22. The van der Waals surface area contributed by atoms with Crippen molar-refractivity contribution in [1.82, 2.24) is 0 Å². The molecule has 0 unspecified atom stereocenters. The average Bonchev–Trinajstić information content (AvgIpc) is 2.38. The maximum atomic E-state index is 6.09. The van der Waals surface area contributed by atoms with Crippen LogP contribution < -0.4 is 10.5 Å². The van der Waals surface area contributed by atoms with Crippen molar-refractivity contribution in [2.45, 2.75) is 13.2 Å². The summed E-state index contributed by atoms with van der Waals surface area (Å²) in [5.74, 6) is 0.688. The van der Waals surface area contributed by atoms with Crippen molar-refractivity contribution >= 4 is 11.6 Å². The highest BCUT2D eigenvalue weighted by Gasteiger charge is 2.02. The fraction of sp³-hybridized carbons (Fsp3) is 0.143. The van der Waals surface area contributed by atoms with Crippen LogP contribution in [0.1, 0.15) is 11.1 Å². The summed E-state index contributed by atoms with van der Waals surface area (Å²) in [7, 11) is 0. The molecular formula is C14H14ClNO. The fourth-order valence-corrected chi connectivity index (χ4v) is 1.78. The van der Waals surface area contributed by atoms with Crippen LogP contribution in [0.4, 0.5) is 0 Å². The second kappa shape index (κ2) is 5.71. The first kappa shape index (κ1) is 12.0. The molecule has 2 nitrogen and oxygen atoms in total. The van der Waals surface area contributed by atoms with Gasteiger partial charge in [-0.15, -0.1) is 0 Å². The van der Waals surface area contributed by atoms with Gasteiger partial charge in [-0.2, -0.15) is 0 Å². The topological polar surface area (TPSA) is 35.2 Å². The van der Waals surface area contributed by atoms with Crippen molar-refractivity contribution in [2.75, 3.05) is 0 Å². The van der Waals surface area contributed by atoms with Crippen LogP contribution in [-0.4, -0.2) is 0 Å². The summed E-state index contributed by atoms with van der Waals surface area (Å²) in [6.07, 6.45) is 0. The third-order valence-corrected chi connectivity index (χ3v) is 2.76. The Labute approximate surface area is 106 Å². The lowest BCUT2D eigenvalue weighted by molar-refractivity contribution is 0.306. The Balaban J connectivity index is 2.04. The van der Waals surface area contributed by atoms with Gasteiger partial charge in [0.1, 0.15) is 12.4 Å². The molecule has 88 valence electrons. The Kier molecular flexibility index (Phi) is 4.02. The Morgan fingerprint density at radius 1 is 1.00 bits per heavy atom.